The van der Waals surface area contributed by atoms with E-state index in [1.54, 1.807) is 0 Å². The zero-order chi connectivity index (χ0) is 12.8. The molecule has 2 aromatic rings. The van der Waals surface area contributed by atoms with Crippen LogP contribution in [0.15, 0.2) is 21.8 Å². The third-order valence-corrected chi connectivity index (χ3v) is 3.09. The highest BCUT2D eigenvalue weighted by atomic mass is 79.9. The zero-order valence-corrected chi connectivity index (χ0v) is 9.56. The van der Waals surface area contributed by atoms with E-state index in [0.717, 1.165) is 12.1 Å². The number of benzene rings is 1. The Morgan fingerprint density at radius 2 is 2.00 bits per heavy atom. The standard InChI is InChI=1S/C9H4BrF3N2O2/c10-5-4(9(11,12)13)2-1-3-6(5)14-8(16)7(3)15-17/h1-2,14,16H. The van der Waals surface area contributed by atoms with Gasteiger partial charge in [0.25, 0.3) is 0 Å². The first-order valence-corrected chi connectivity index (χ1v) is 5.09. The van der Waals surface area contributed by atoms with Crippen molar-refractivity contribution in [2.75, 3.05) is 0 Å². The second-order valence-electron chi connectivity index (χ2n) is 3.26. The van der Waals surface area contributed by atoms with Crippen molar-refractivity contribution in [3.8, 4) is 5.88 Å². The van der Waals surface area contributed by atoms with E-state index in [1.807, 2.05) is 0 Å². The number of nitroso groups, excluding NO2 is 1. The van der Waals surface area contributed by atoms with E-state index in [0.29, 0.717) is 0 Å². The van der Waals surface area contributed by atoms with Gasteiger partial charge in [-0.3, -0.25) is 0 Å². The molecule has 90 valence electrons. The van der Waals surface area contributed by atoms with Gasteiger partial charge in [0, 0.05) is 5.39 Å². The largest absolute Gasteiger partial charge is 0.493 e. The van der Waals surface area contributed by atoms with E-state index in [1.165, 1.54) is 0 Å². The lowest BCUT2D eigenvalue weighted by Gasteiger charge is -2.09. The number of hydrogen-bond acceptors (Lipinski definition) is 3. The fourth-order valence-electron chi connectivity index (χ4n) is 1.51. The van der Waals surface area contributed by atoms with Crippen LogP contribution in [0.25, 0.3) is 10.9 Å². The van der Waals surface area contributed by atoms with Crippen LogP contribution >= 0.6 is 15.9 Å². The fraction of sp³-hybridized carbons (Fsp3) is 0.111. The van der Waals surface area contributed by atoms with Crippen molar-refractivity contribution < 1.29 is 18.3 Å². The SMILES string of the molecule is O=Nc1c(O)[nH]c2c(Br)c(C(F)(F)F)ccc12. The van der Waals surface area contributed by atoms with Crippen molar-refractivity contribution in [1.82, 2.24) is 4.98 Å². The number of hydrogen-bond donors (Lipinski definition) is 2. The van der Waals surface area contributed by atoms with Gasteiger partial charge in [-0.2, -0.15) is 13.2 Å². The molecule has 17 heavy (non-hydrogen) atoms. The van der Waals surface area contributed by atoms with E-state index in [-0.39, 0.29) is 21.1 Å². The van der Waals surface area contributed by atoms with Crippen molar-refractivity contribution in [2.45, 2.75) is 6.18 Å². The Hall–Kier alpha value is -1.57. The van der Waals surface area contributed by atoms with Gasteiger partial charge in [-0.1, -0.05) is 0 Å². The van der Waals surface area contributed by atoms with Crippen LogP contribution in [0.2, 0.25) is 0 Å². The summed E-state index contributed by atoms with van der Waals surface area (Å²) in [4.78, 5) is 12.7. The van der Waals surface area contributed by atoms with Gasteiger partial charge in [0.05, 0.1) is 15.6 Å². The molecule has 0 spiro atoms. The first-order chi connectivity index (χ1) is 7.86. The molecular weight excluding hydrogens is 305 g/mol. The average molecular weight is 309 g/mol. The van der Waals surface area contributed by atoms with Gasteiger partial charge in [-0.15, -0.1) is 4.91 Å². The van der Waals surface area contributed by atoms with Gasteiger partial charge in [0.15, 0.2) is 5.69 Å². The summed E-state index contributed by atoms with van der Waals surface area (Å²) in [5, 5.41) is 12.0. The number of alkyl halides is 3. The van der Waals surface area contributed by atoms with E-state index in [9.17, 15) is 23.2 Å². The van der Waals surface area contributed by atoms with Gasteiger partial charge < -0.3 is 10.1 Å². The quantitative estimate of drug-likeness (QED) is 0.780. The molecule has 0 radical (unpaired) electrons. The van der Waals surface area contributed by atoms with E-state index >= 15 is 0 Å². The molecular formula is C9H4BrF3N2O2. The number of nitrogens with zero attached hydrogens (tertiary/aromatic N) is 1. The molecule has 8 heteroatoms. The predicted octanol–water partition coefficient (Wildman–Crippen LogP) is 4.05. The molecule has 0 unspecified atom stereocenters. The zero-order valence-electron chi connectivity index (χ0n) is 7.97. The topological polar surface area (TPSA) is 65.4 Å². The van der Waals surface area contributed by atoms with Crippen molar-refractivity contribution >= 4 is 32.5 Å². The molecule has 2 rings (SSSR count). The lowest BCUT2D eigenvalue weighted by Crippen LogP contribution is -2.05. The number of halogens is 4. The molecule has 0 aliphatic heterocycles. The van der Waals surface area contributed by atoms with Crippen LogP contribution in [0.3, 0.4) is 0 Å². The first kappa shape index (κ1) is 11.9. The maximum absolute atomic E-state index is 12.6. The molecule has 1 heterocycles. The van der Waals surface area contributed by atoms with E-state index < -0.39 is 17.6 Å². The molecule has 0 atom stereocenters. The minimum absolute atomic E-state index is 0.0214. The smallest absolute Gasteiger partial charge is 0.417 e. The summed E-state index contributed by atoms with van der Waals surface area (Å²) < 4.78 is 37.5. The Kier molecular flexibility index (Phi) is 2.61. The third-order valence-electron chi connectivity index (χ3n) is 2.26. The molecule has 0 aliphatic rings. The van der Waals surface area contributed by atoms with Crippen molar-refractivity contribution in [3.05, 3.63) is 27.1 Å². The fourth-order valence-corrected chi connectivity index (χ4v) is 2.18. The number of rotatable bonds is 1. The maximum Gasteiger partial charge on any atom is 0.417 e. The number of nitrogens with one attached hydrogen (secondary N) is 1. The molecule has 1 aromatic carbocycles. The average Bonchev–Trinajstić information content (AvgIpc) is 2.53. The van der Waals surface area contributed by atoms with Crippen LogP contribution in [0.4, 0.5) is 18.9 Å². The molecule has 2 N–H and O–H groups in total. The van der Waals surface area contributed by atoms with Crippen LogP contribution in [0, 0.1) is 4.91 Å². The minimum Gasteiger partial charge on any atom is -0.493 e. The Morgan fingerprint density at radius 1 is 1.35 bits per heavy atom. The molecule has 0 bridgehead atoms. The van der Waals surface area contributed by atoms with Crippen LogP contribution in [-0.4, -0.2) is 10.1 Å². The summed E-state index contributed by atoms with van der Waals surface area (Å²) >= 11 is 2.79. The van der Waals surface area contributed by atoms with Crippen LogP contribution in [0.5, 0.6) is 5.88 Å². The summed E-state index contributed by atoms with van der Waals surface area (Å²) in [5.41, 5.74) is -1.23. The molecule has 0 saturated carbocycles. The highest BCUT2D eigenvalue weighted by Crippen LogP contribution is 2.43. The summed E-state index contributed by atoms with van der Waals surface area (Å²) in [6.45, 7) is 0. The monoisotopic (exact) mass is 308 g/mol. The number of aromatic hydroxyl groups is 1. The lowest BCUT2D eigenvalue weighted by atomic mass is 10.1. The first-order valence-electron chi connectivity index (χ1n) is 4.30. The second-order valence-corrected chi connectivity index (χ2v) is 4.05. The van der Waals surface area contributed by atoms with Gasteiger partial charge in [-0.05, 0) is 33.2 Å². The van der Waals surface area contributed by atoms with Crippen molar-refractivity contribution in [2.24, 2.45) is 5.18 Å². The highest BCUT2D eigenvalue weighted by Gasteiger charge is 2.34. The Morgan fingerprint density at radius 3 is 2.53 bits per heavy atom. The maximum atomic E-state index is 12.6. The number of aromatic amines is 1. The predicted molar refractivity (Wildman–Crippen MR) is 58.1 cm³/mol. The van der Waals surface area contributed by atoms with Gasteiger partial charge in [-0.25, -0.2) is 0 Å². The summed E-state index contributed by atoms with van der Waals surface area (Å²) in [5.74, 6) is -0.560. The van der Waals surface area contributed by atoms with Gasteiger partial charge >= 0.3 is 6.18 Å². The number of fused-ring (bicyclic) bond motifs is 1. The van der Waals surface area contributed by atoms with Crippen LogP contribution < -0.4 is 0 Å². The molecule has 0 saturated heterocycles. The molecule has 1 aromatic heterocycles. The summed E-state index contributed by atoms with van der Waals surface area (Å²) in [6.07, 6.45) is -4.53. The van der Waals surface area contributed by atoms with Gasteiger partial charge in [0.2, 0.25) is 5.88 Å². The molecule has 0 aliphatic carbocycles. The Balaban J connectivity index is 2.82. The van der Waals surface area contributed by atoms with Crippen molar-refractivity contribution in [1.29, 1.82) is 0 Å². The second kappa shape index (κ2) is 3.73. The highest BCUT2D eigenvalue weighted by molar-refractivity contribution is 9.10. The molecule has 4 nitrogen and oxygen atoms in total. The van der Waals surface area contributed by atoms with Gasteiger partial charge in [0.1, 0.15) is 0 Å². The normalized spacial score (nSPS) is 12.0. The third kappa shape index (κ3) is 1.78. The minimum atomic E-state index is -4.53. The summed E-state index contributed by atoms with van der Waals surface area (Å²) in [6, 6.07) is 1.89. The van der Waals surface area contributed by atoms with Crippen LogP contribution in [0.1, 0.15) is 5.56 Å². The van der Waals surface area contributed by atoms with E-state index in [4.69, 9.17) is 0 Å². The number of aromatic nitrogens is 1. The molecule has 0 amide bonds. The van der Waals surface area contributed by atoms with Crippen LogP contribution in [-0.2, 0) is 6.18 Å². The Labute approximate surface area is 101 Å². The van der Waals surface area contributed by atoms with Crippen molar-refractivity contribution in [3.63, 3.8) is 0 Å². The summed E-state index contributed by atoms with van der Waals surface area (Å²) in [7, 11) is 0. The number of H-pyrrole nitrogens is 1. The Bertz CT molecular complexity index is 606. The molecule has 0 fully saturated rings. The van der Waals surface area contributed by atoms with E-state index in [2.05, 4.69) is 26.1 Å². The lowest BCUT2D eigenvalue weighted by molar-refractivity contribution is -0.138.